The molecule has 12 nitrogen and oxygen atoms in total. The van der Waals surface area contributed by atoms with Crippen LogP contribution in [0.2, 0.25) is 0 Å². The summed E-state index contributed by atoms with van der Waals surface area (Å²) in [7, 11) is 0. The second-order valence-corrected chi connectivity index (χ2v) is 5.89. The van der Waals surface area contributed by atoms with E-state index in [0.29, 0.717) is 4.57 Å². The quantitative estimate of drug-likeness (QED) is 0.469. The van der Waals surface area contributed by atoms with Crippen molar-refractivity contribution in [2.45, 2.75) is 24.4 Å². The Hall–Kier alpha value is -3.36. The molecular formula is C15H13F2N5O7. The van der Waals surface area contributed by atoms with E-state index in [9.17, 15) is 28.3 Å². The summed E-state index contributed by atoms with van der Waals surface area (Å²) in [6, 6.07) is 3.14. The molecule has 14 heteroatoms. The first-order valence-electron chi connectivity index (χ1n) is 7.95. The predicted molar refractivity (Wildman–Crippen MR) is 87.4 cm³/mol. The Balaban J connectivity index is 1.78. The monoisotopic (exact) mass is 413 g/mol. The highest BCUT2D eigenvalue weighted by Crippen LogP contribution is 2.41. The van der Waals surface area contributed by atoms with E-state index < -0.39 is 48.5 Å². The summed E-state index contributed by atoms with van der Waals surface area (Å²) in [5.41, 5.74) is -1.88. The van der Waals surface area contributed by atoms with Gasteiger partial charge in [0.1, 0.15) is 11.9 Å². The molecule has 0 bridgehead atoms. The van der Waals surface area contributed by atoms with Crippen LogP contribution in [0.25, 0.3) is 0 Å². The summed E-state index contributed by atoms with van der Waals surface area (Å²) in [5.74, 6) is -6.39. The normalized spacial score (nSPS) is 23.0. The molecular weight excluding hydrogens is 400 g/mol. The minimum atomic E-state index is -3.87. The highest BCUT2D eigenvalue weighted by molar-refractivity contribution is 6.02. The molecule has 1 aliphatic heterocycles. The van der Waals surface area contributed by atoms with Gasteiger partial charge in [0.2, 0.25) is 6.23 Å². The summed E-state index contributed by atoms with van der Waals surface area (Å²) >= 11 is 0. The third-order valence-electron chi connectivity index (χ3n) is 4.00. The van der Waals surface area contributed by atoms with Crippen LogP contribution in [-0.2, 0) is 4.74 Å². The SMILES string of the molecule is O=C(O)c1ccc(C(=O)Nc2ccn(C3OC(CO)C(O)C3(F)F)c(=O)n2)nn1. The Kier molecular flexibility index (Phi) is 5.32. The van der Waals surface area contributed by atoms with Gasteiger partial charge in [0.25, 0.3) is 5.91 Å². The lowest BCUT2D eigenvalue weighted by atomic mass is 10.1. The number of nitrogens with zero attached hydrogens (tertiary/aromatic N) is 4. The summed E-state index contributed by atoms with van der Waals surface area (Å²) in [5, 5.41) is 36.2. The van der Waals surface area contributed by atoms with Gasteiger partial charge in [-0.15, -0.1) is 10.2 Å². The lowest BCUT2D eigenvalue weighted by Crippen LogP contribution is -2.41. The van der Waals surface area contributed by atoms with Crippen molar-refractivity contribution in [1.29, 1.82) is 0 Å². The molecule has 3 heterocycles. The number of carbonyl (C=O) groups is 2. The van der Waals surface area contributed by atoms with E-state index in [1.54, 1.807) is 0 Å². The highest BCUT2D eigenvalue weighted by Gasteiger charge is 2.59. The van der Waals surface area contributed by atoms with Gasteiger partial charge in [0.15, 0.2) is 17.5 Å². The number of aliphatic hydroxyl groups excluding tert-OH is 2. The average Bonchev–Trinajstić information content (AvgIpc) is 2.91. The van der Waals surface area contributed by atoms with Crippen molar-refractivity contribution < 1.29 is 38.4 Å². The third-order valence-corrected chi connectivity index (χ3v) is 4.00. The van der Waals surface area contributed by atoms with Gasteiger partial charge in [-0.2, -0.15) is 13.8 Å². The molecule has 3 unspecified atom stereocenters. The first-order valence-corrected chi connectivity index (χ1v) is 7.95. The molecule has 3 atom stereocenters. The number of carboxylic acid groups (broad SMARTS) is 1. The zero-order valence-corrected chi connectivity index (χ0v) is 14.3. The number of rotatable bonds is 5. The fourth-order valence-electron chi connectivity index (χ4n) is 2.53. The van der Waals surface area contributed by atoms with Crippen LogP contribution in [-0.4, -0.2) is 71.7 Å². The van der Waals surface area contributed by atoms with Gasteiger partial charge < -0.3 is 25.4 Å². The standard InChI is InChI=1S/C15H13F2N5O7/c16-15(17)10(24)8(5-23)29-13(15)22-4-3-9(19-14(22)28)18-11(25)6-1-2-7(12(26)27)21-20-6/h1-4,8,10,13,23-24H,5H2,(H,26,27)(H,18,19,25,28). The number of halogens is 2. The number of amides is 1. The smallest absolute Gasteiger partial charge is 0.356 e. The van der Waals surface area contributed by atoms with E-state index in [1.807, 2.05) is 0 Å². The summed E-state index contributed by atoms with van der Waals surface area (Å²) in [6.45, 7) is -0.884. The van der Waals surface area contributed by atoms with Crippen molar-refractivity contribution in [3.8, 4) is 0 Å². The molecule has 1 amide bonds. The molecule has 0 aromatic carbocycles. The largest absolute Gasteiger partial charge is 0.476 e. The molecule has 1 aliphatic rings. The van der Waals surface area contributed by atoms with Gasteiger partial charge >= 0.3 is 17.6 Å². The minimum Gasteiger partial charge on any atom is -0.476 e. The molecule has 3 rings (SSSR count). The van der Waals surface area contributed by atoms with E-state index >= 15 is 0 Å². The molecule has 1 saturated heterocycles. The van der Waals surface area contributed by atoms with Crippen LogP contribution in [0.3, 0.4) is 0 Å². The fraction of sp³-hybridized carbons (Fsp3) is 0.333. The number of aromatic nitrogens is 4. The fourth-order valence-corrected chi connectivity index (χ4v) is 2.53. The van der Waals surface area contributed by atoms with Crippen molar-refractivity contribution in [2.24, 2.45) is 0 Å². The van der Waals surface area contributed by atoms with Gasteiger partial charge in [0.05, 0.1) is 6.61 Å². The molecule has 4 N–H and O–H groups in total. The first-order chi connectivity index (χ1) is 13.6. The Morgan fingerprint density at radius 3 is 2.41 bits per heavy atom. The number of carboxylic acids is 1. The first kappa shape index (κ1) is 20.4. The van der Waals surface area contributed by atoms with Gasteiger partial charge in [0, 0.05) is 6.20 Å². The van der Waals surface area contributed by atoms with Gasteiger partial charge in [-0.3, -0.25) is 9.36 Å². The third kappa shape index (κ3) is 3.80. The number of alkyl halides is 2. The number of aromatic carboxylic acids is 1. The predicted octanol–water partition coefficient (Wildman–Crippen LogP) is -1.13. The van der Waals surface area contributed by atoms with Gasteiger partial charge in [-0.1, -0.05) is 0 Å². The Morgan fingerprint density at radius 1 is 1.24 bits per heavy atom. The number of anilines is 1. The molecule has 0 radical (unpaired) electrons. The van der Waals surface area contributed by atoms with E-state index in [2.05, 4.69) is 20.5 Å². The van der Waals surface area contributed by atoms with E-state index in [4.69, 9.17) is 14.9 Å². The lowest BCUT2D eigenvalue weighted by Gasteiger charge is -2.21. The van der Waals surface area contributed by atoms with Crippen LogP contribution in [0.4, 0.5) is 14.6 Å². The van der Waals surface area contributed by atoms with Crippen molar-refractivity contribution in [2.75, 3.05) is 11.9 Å². The molecule has 2 aromatic rings. The number of aliphatic hydroxyl groups is 2. The van der Waals surface area contributed by atoms with Gasteiger partial charge in [-0.25, -0.2) is 9.59 Å². The van der Waals surface area contributed by atoms with Crippen LogP contribution in [0, 0.1) is 0 Å². The lowest BCUT2D eigenvalue weighted by molar-refractivity contribution is -0.140. The topological polar surface area (TPSA) is 177 Å². The van der Waals surface area contributed by atoms with Crippen LogP contribution in [0.5, 0.6) is 0 Å². The summed E-state index contributed by atoms with van der Waals surface area (Å²) < 4.78 is 33.5. The highest BCUT2D eigenvalue weighted by atomic mass is 19.3. The molecule has 1 fully saturated rings. The Bertz CT molecular complexity index is 997. The number of hydrogen-bond donors (Lipinski definition) is 4. The molecule has 0 saturated carbocycles. The number of hydrogen-bond acceptors (Lipinski definition) is 9. The molecule has 29 heavy (non-hydrogen) atoms. The second kappa shape index (κ2) is 7.57. The maximum absolute atomic E-state index is 14.1. The summed E-state index contributed by atoms with van der Waals surface area (Å²) in [4.78, 5) is 38.3. The Morgan fingerprint density at radius 2 is 1.90 bits per heavy atom. The second-order valence-electron chi connectivity index (χ2n) is 5.89. The number of ether oxygens (including phenoxy) is 1. The van der Waals surface area contributed by atoms with E-state index in [0.717, 1.165) is 24.4 Å². The van der Waals surface area contributed by atoms with E-state index in [1.165, 1.54) is 0 Å². The van der Waals surface area contributed by atoms with Crippen molar-refractivity contribution >= 4 is 17.7 Å². The maximum atomic E-state index is 14.1. The van der Waals surface area contributed by atoms with Crippen LogP contribution < -0.4 is 11.0 Å². The van der Waals surface area contributed by atoms with Crippen LogP contribution in [0.15, 0.2) is 29.2 Å². The Labute approximate surface area is 159 Å². The van der Waals surface area contributed by atoms with Crippen molar-refractivity contribution in [3.05, 3.63) is 46.3 Å². The number of carbonyl (C=O) groups excluding carboxylic acids is 1. The zero-order chi connectivity index (χ0) is 21.3. The maximum Gasteiger partial charge on any atom is 0.356 e. The minimum absolute atomic E-state index is 0.277. The van der Waals surface area contributed by atoms with E-state index in [-0.39, 0.29) is 17.2 Å². The molecule has 2 aromatic heterocycles. The van der Waals surface area contributed by atoms with Gasteiger partial charge in [-0.05, 0) is 18.2 Å². The molecule has 154 valence electrons. The van der Waals surface area contributed by atoms with Crippen LogP contribution in [0.1, 0.15) is 27.2 Å². The van der Waals surface area contributed by atoms with Crippen LogP contribution >= 0.6 is 0 Å². The number of nitrogens with one attached hydrogen (secondary N) is 1. The summed E-state index contributed by atoms with van der Waals surface area (Å²) in [6.07, 6.45) is -5.24. The average molecular weight is 413 g/mol. The van der Waals surface area contributed by atoms with Crippen molar-refractivity contribution in [3.63, 3.8) is 0 Å². The van der Waals surface area contributed by atoms with Crippen molar-refractivity contribution in [1.82, 2.24) is 19.7 Å². The molecule has 0 aliphatic carbocycles. The zero-order valence-electron chi connectivity index (χ0n) is 14.3. The molecule has 0 spiro atoms.